The van der Waals surface area contributed by atoms with Crippen LogP contribution in [-0.2, 0) is 4.74 Å². The van der Waals surface area contributed by atoms with Crippen molar-refractivity contribution in [1.29, 1.82) is 0 Å². The van der Waals surface area contributed by atoms with Gasteiger partial charge in [0.25, 0.3) is 0 Å². The summed E-state index contributed by atoms with van der Waals surface area (Å²) in [6.45, 7) is 0.683. The molecule has 4 heteroatoms. The molecular formula is C23H22NO2Si. The minimum atomic E-state index is -1.05. The van der Waals surface area contributed by atoms with E-state index in [2.05, 4.69) is 72.8 Å². The standard InChI is InChI=1S/C23H22NO2Si/c1-26-23(25)24-17-16-22(20-14-8-9-15-21(20)24)27(18-10-4-2-5-11-18)19-12-6-3-7-13-19/h2-15,22H,16-17H2,1H3/t22-/m1/s1. The van der Waals surface area contributed by atoms with Crippen molar-refractivity contribution in [3.8, 4) is 0 Å². The number of hydrogen-bond donors (Lipinski definition) is 0. The van der Waals surface area contributed by atoms with Gasteiger partial charge in [-0.3, -0.25) is 4.90 Å². The Morgan fingerprint density at radius 3 is 2.04 bits per heavy atom. The minimum Gasteiger partial charge on any atom is -0.452 e. The third-order valence-corrected chi connectivity index (χ3v) is 8.36. The molecule has 0 unspecified atom stereocenters. The molecule has 1 heterocycles. The first kappa shape index (κ1) is 17.6. The molecule has 3 nitrogen and oxygen atoms in total. The summed E-state index contributed by atoms with van der Waals surface area (Å²) in [5, 5.41) is 2.81. The maximum Gasteiger partial charge on any atom is 0.414 e. The molecule has 1 amide bonds. The number of amides is 1. The van der Waals surface area contributed by atoms with Crippen molar-refractivity contribution >= 4 is 31.0 Å². The number of anilines is 1. The van der Waals surface area contributed by atoms with Gasteiger partial charge in [0, 0.05) is 6.54 Å². The fourth-order valence-corrected chi connectivity index (χ4v) is 7.18. The van der Waals surface area contributed by atoms with Crippen molar-refractivity contribution in [2.24, 2.45) is 0 Å². The van der Waals surface area contributed by atoms with Crippen LogP contribution in [0.15, 0.2) is 84.9 Å². The summed E-state index contributed by atoms with van der Waals surface area (Å²) in [4.78, 5) is 14.0. The van der Waals surface area contributed by atoms with Gasteiger partial charge < -0.3 is 4.74 Å². The second kappa shape index (κ2) is 7.80. The van der Waals surface area contributed by atoms with E-state index >= 15 is 0 Å². The zero-order valence-corrected chi connectivity index (χ0v) is 16.3. The van der Waals surface area contributed by atoms with E-state index in [1.165, 1.54) is 23.0 Å². The highest BCUT2D eigenvalue weighted by atomic mass is 28.3. The molecule has 0 saturated carbocycles. The zero-order valence-electron chi connectivity index (χ0n) is 15.3. The summed E-state index contributed by atoms with van der Waals surface area (Å²) in [6.07, 6.45) is 0.651. The van der Waals surface area contributed by atoms with Crippen LogP contribution in [0, 0.1) is 0 Å². The van der Waals surface area contributed by atoms with Gasteiger partial charge in [-0.05, 0) is 23.6 Å². The number of nitrogens with zero attached hydrogens (tertiary/aromatic N) is 1. The Bertz CT molecular complexity index is 874. The summed E-state index contributed by atoms with van der Waals surface area (Å²) in [5.41, 5.74) is 2.63. The van der Waals surface area contributed by atoms with E-state index in [1.807, 2.05) is 12.1 Å². The topological polar surface area (TPSA) is 29.5 Å². The number of hydrogen-bond acceptors (Lipinski definition) is 2. The molecule has 1 atom stereocenters. The second-order valence-corrected chi connectivity index (χ2v) is 9.35. The Kier molecular flexibility index (Phi) is 5.07. The van der Waals surface area contributed by atoms with Gasteiger partial charge in [0.05, 0.1) is 12.8 Å². The first-order valence-corrected chi connectivity index (χ1v) is 10.8. The highest BCUT2D eigenvalue weighted by Crippen LogP contribution is 2.36. The SMILES string of the molecule is COC(=O)N1CC[C@@H]([Si](c2ccccc2)c2ccccc2)c2ccccc21. The molecule has 27 heavy (non-hydrogen) atoms. The first-order chi connectivity index (χ1) is 13.3. The van der Waals surface area contributed by atoms with E-state index in [-0.39, 0.29) is 6.09 Å². The predicted octanol–water partition coefficient (Wildman–Crippen LogP) is 3.60. The van der Waals surface area contributed by atoms with E-state index in [0.717, 1.165) is 12.1 Å². The largest absolute Gasteiger partial charge is 0.452 e. The van der Waals surface area contributed by atoms with E-state index in [1.54, 1.807) is 4.90 Å². The number of methoxy groups -OCH3 is 1. The van der Waals surface area contributed by atoms with Crippen molar-refractivity contribution in [2.75, 3.05) is 18.6 Å². The Morgan fingerprint density at radius 2 is 1.44 bits per heavy atom. The molecule has 0 spiro atoms. The molecule has 0 saturated heterocycles. The highest BCUT2D eigenvalue weighted by Gasteiger charge is 2.36. The van der Waals surface area contributed by atoms with E-state index in [0.29, 0.717) is 12.1 Å². The highest BCUT2D eigenvalue weighted by molar-refractivity contribution is 6.86. The number of carbonyl (C=O) groups is 1. The van der Waals surface area contributed by atoms with Crippen LogP contribution in [0.25, 0.3) is 0 Å². The molecule has 0 aliphatic carbocycles. The summed E-state index contributed by atoms with van der Waals surface area (Å²) in [6, 6.07) is 29.9. The maximum absolute atomic E-state index is 12.3. The van der Waals surface area contributed by atoms with Crippen molar-refractivity contribution in [3.05, 3.63) is 90.5 Å². The molecule has 0 fully saturated rings. The fourth-order valence-electron chi connectivity index (χ4n) is 3.97. The molecular weight excluding hydrogens is 350 g/mol. The second-order valence-electron chi connectivity index (χ2n) is 6.67. The summed E-state index contributed by atoms with van der Waals surface area (Å²) >= 11 is 0. The Balaban J connectivity index is 1.82. The van der Waals surface area contributed by atoms with Gasteiger partial charge in [0.2, 0.25) is 0 Å². The molecule has 1 radical (unpaired) electrons. The van der Waals surface area contributed by atoms with Crippen molar-refractivity contribution < 1.29 is 9.53 Å². The predicted molar refractivity (Wildman–Crippen MR) is 111 cm³/mol. The normalized spacial score (nSPS) is 16.1. The van der Waals surface area contributed by atoms with Crippen LogP contribution >= 0.6 is 0 Å². The molecule has 0 N–H and O–H groups in total. The quantitative estimate of drug-likeness (QED) is 0.658. The van der Waals surface area contributed by atoms with Crippen molar-refractivity contribution in [2.45, 2.75) is 12.0 Å². The zero-order chi connectivity index (χ0) is 18.6. The Labute approximate surface area is 161 Å². The molecule has 0 bridgehead atoms. The lowest BCUT2D eigenvalue weighted by atomic mass is 10.0. The van der Waals surface area contributed by atoms with Crippen LogP contribution in [-0.4, -0.2) is 28.5 Å². The molecule has 0 aromatic heterocycles. The molecule has 4 rings (SSSR count). The van der Waals surface area contributed by atoms with E-state index in [9.17, 15) is 4.79 Å². The summed E-state index contributed by atoms with van der Waals surface area (Å²) in [7, 11) is 0.399. The Morgan fingerprint density at radius 1 is 0.889 bits per heavy atom. The van der Waals surface area contributed by atoms with Crippen LogP contribution < -0.4 is 15.3 Å². The maximum atomic E-state index is 12.3. The minimum absolute atomic E-state index is 0.283. The average molecular weight is 373 g/mol. The molecule has 3 aromatic rings. The first-order valence-electron chi connectivity index (χ1n) is 9.21. The van der Waals surface area contributed by atoms with Gasteiger partial charge in [-0.1, -0.05) is 89.2 Å². The van der Waals surface area contributed by atoms with E-state index in [4.69, 9.17) is 4.74 Å². The molecule has 1 aliphatic rings. The van der Waals surface area contributed by atoms with E-state index < -0.39 is 8.80 Å². The van der Waals surface area contributed by atoms with Crippen LogP contribution in [0.4, 0.5) is 10.5 Å². The van der Waals surface area contributed by atoms with Gasteiger partial charge in [-0.15, -0.1) is 0 Å². The molecule has 3 aromatic carbocycles. The Hall–Kier alpha value is -2.85. The number of fused-ring (bicyclic) bond motifs is 1. The van der Waals surface area contributed by atoms with Crippen LogP contribution in [0.2, 0.25) is 0 Å². The molecule has 1 aliphatic heterocycles. The van der Waals surface area contributed by atoms with Gasteiger partial charge in [0.1, 0.15) is 8.80 Å². The summed E-state index contributed by atoms with van der Waals surface area (Å²) < 4.78 is 5.01. The number of para-hydroxylation sites is 1. The smallest absolute Gasteiger partial charge is 0.414 e. The fraction of sp³-hybridized carbons (Fsp3) is 0.174. The molecule has 135 valence electrons. The van der Waals surface area contributed by atoms with Gasteiger partial charge >= 0.3 is 6.09 Å². The number of benzene rings is 3. The van der Waals surface area contributed by atoms with Gasteiger partial charge in [-0.25, -0.2) is 4.79 Å². The average Bonchev–Trinajstić information content (AvgIpc) is 2.75. The third-order valence-electron chi connectivity index (χ3n) is 5.16. The van der Waals surface area contributed by atoms with Gasteiger partial charge in [-0.2, -0.15) is 0 Å². The van der Waals surface area contributed by atoms with Crippen LogP contribution in [0.5, 0.6) is 0 Å². The van der Waals surface area contributed by atoms with Crippen LogP contribution in [0.1, 0.15) is 17.5 Å². The number of carbonyl (C=O) groups excluding carboxylic acids is 1. The van der Waals surface area contributed by atoms with Crippen molar-refractivity contribution in [1.82, 2.24) is 0 Å². The number of ether oxygens (including phenoxy) is 1. The monoisotopic (exact) mass is 372 g/mol. The lowest BCUT2D eigenvalue weighted by Gasteiger charge is -2.37. The third kappa shape index (κ3) is 3.40. The summed E-state index contributed by atoms with van der Waals surface area (Å²) in [5.74, 6) is 0. The van der Waals surface area contributed by atoms with Crippen LogP contribution in [0.3, 0.4) is 0 Å². The van der Waals surface area contributed by atoms with Gasteiger partial charge in [0.15, 0.2) is 0 Å². The lowest BCUT2D eigenvalue weighted by molar-refractivity contribution is 0.178. The van der Waals surface area contributed by atoms with Crippen molar-refractivity contribution in [3.63, 3.8) is 0 Å². The number of rotatable bonds is 3. The lowest BCUT2D eigenvalue weighted by Crippen LogP contribution is -2.50.